The highest BCUT2D eigenvalue weighted by molar-refractivity contribution is 6.01. The lowest BCUT2D eigenvalue weighted by molar-refractivity contribution is -0.387. The van der Waals surface area contributed by atoms with Crippen LogP contribution in [0.5, 0.6) is 0 Å². The van der Waals surface area contributed by atoms with Gasteiger partial charge in [-0.15, -0.1) is 0 Å². The van der Waals surface area contributed by atoms with Crippen LogP contribution in [-0.2, 0) is 110 Å². The third-order valence-electron chi connectivity index (χ3n) is 12.8. The molecule has 0 unspecified atom stereocenters. The van der Waals surface area contributed by atoms with Gasteiger partial charge in [0.05, 0.1) is 101 Å². The highest BCUT2D eigenvalue weighted by Gasteiger charge is 2.41. The number of nitro groups is 4. The van der Waals surface area contributed by atoms with Crippen molar-refractivity contribution in [3.05, 3.63) is 217 Å². The van der Waals surface area contributed by atoms with E-state index in [1.807, 2.05) is 0 Å². The Labute approximate surface area is 587 Å². The summed E-state index contributed by atoms with van der Waals surface area (Å²) in [5, 5.41) is 68.1. The Hall–Kier alpha value is -11.6. The molecule has 6 aromatic carbocycles. The molecule has 0 aliphatic heterocycles. The third kappa shape index (κ3) is 32.5. The van der Waals surface area contributed by atoms with Crippen LogP contribution < -0.4 is 11.5 Å². The zero-order chi connectivity index (χ0) is 83.1. The van der Waals surface area contributed by atoms with Crippen molar-refractivity contribution in [2.45, 2.75) is 75.1 Å². The molecule has 0 radical (unpaired) electrons. The van der Waals surface area contributed by atoms with Crippen molar-refractivity contribution in [2.24, 2.45) is 0 Å². The number of carbonyl (C=O) groups is 5. The van der Waals surface area contributed by atoms with E-state index in [9.17, 15) is 148 Å². The SMILES string of the molecule is COC(=O)C(C(=O)OC)c1ccc(C(F)(F)F)cc1[N+](=O)[O-].COC(=O)CC(=O)OC.COC(=O)Cc1ccc(C(F)(F)F)cc1[N+](=O)[O-].Nc1cc(C(F)(F)F)ccc1CCO.Nc1cc(C(F)(F)F)ccc1CCO.O=[N+]([O-])c1cc(C(F)(F)F)ccc1CCO.O=[N+]([O-])c1cc(C(F)(F)F)ccc1F. The molecule has 0 heterocycles. The maximum Gasteiger partial charge on any atom is 0.416 e. The van der Waals surface area contributed by atoms with E-state index >= 15 is 0 Å². The van der Waals surface area contributed by atoms with Crippen molar-refractivity contribution < 1.29 is 166 Å². The number of benzene rings is 6. The number of anilines is 2. The van der Waals surface area contributed by atoms with Gasteiger partial charge in [0.1, 0.15) is 6.42 Å². The molecule has 107 heavy (non-hydrogen) atoms. The number of hydrogen-bond acceptors (Lipinski definition) is 23. The number of ether oxygens (including phenoxy) is 5. The number of rotatable bonds is 17. The second kappa shape index (κ2) is 42.4. The summed E-state index contributed by atoms with van der Waals surface area (Å²) in [6.07, 6.45) is -27.8. The number of nitro benzene ring substituents is 4. The highest BCUT2D eigenvalue weighted by atomic mass is 19.4. The van der Waals surface area contributed by atoms with E-state index in [0.717, 1.165) is 63.8 Å². The third-order valence-corrected chi connectivity index (χ3v) is 12.8. The summed E-state index contributed by atoms with van der Waals surface area (Å²) in [5.41, 5.74) is 1.53. The molecule has 0 bridgehead atoms. The number of carbonyl (C=O) groups excluding carboxylic acids is 5. The molecule has 27 nitrogen and oxygen atoms in total. The van der Waals surface area contributed by atoms with E-state index in [2.05, 4.69) is 23.7 Å². The van der Waals surface area contributed by atoms with Crippen LogP contribution in [0.25, 0.3) is 0 Å². The van der Waals surface area contributed by atoms with Gasteiger partial charge in [-0.1, -0.05) is 30.3 Å². The summed E-state index contributed by atoms with van der Waals surface area (Å²) in [6.45, 7) is -0.614. The summed E-state index contributed by atoms with van der Waals surface area (Å²) >= 11 is 0. The number of esters is 5. The van der Waals surface area contributed by atoms with Crippen molar-refractivity contribution in [3.63, 3.8) is 0 Å². The van der Waals surface area contributed by atoms with Crippen molar-refractivity contribution in [3.8, 4) is 0 Å². The normalized spacial score (nSPS) is 11.1. The molecule has 6 rings (SSSR count). The molecule has 0 atom stereocenters. The molecular formula is C61H57F19N6O21. The van der Waals surface area contributed by atoms with Gasteiger partial charge in [0.25, 0.3) is 17.1 Å². The first kappa shape index (κ1) is 95.4. The van der Waals surface area contributed by atoms with Crippen molar-refractivity contribution in [1.29, 1.82) is 0 Å². The van der Waals surface area contributed by atoms with Crippen molar-refractivity contribution in [1.82, 2.24) is 0 Å². The summed E-state index contributed by atoms with van der Waals surface area (Å²) in [7, 11) is 5.36. The van der Waals surface area contributed by atoms with Gasteiger partial charge in [-0.2, -0.15) is 83.4 Å². The molecule has 0 spiro atoms. The molecule has 6 aromatic rings. The number of nitrogen functional groups attached to an aromatic ring is 2. The Morgan fingerprint density at radius 1 is 0.374 bits per heavy atom. The van der Waals surface area contributed by atoms with E-state index < -0.39 is 166 Å². The first-order valence-electron chi connectivity index (χ1n) is 28.3. The average Bonchev–Trinajstić information content (AvgIpc) is 0.781. The zero-order valence-corrected chi connectivity index (χ0v) is 54.9. The van der Waals surface area contributed by atoms with E-state index in [1.54, 1.807) is 0 Å². The van der Waals surface area contributed by atoms with Crippen LogP contribution in [0, 0.1) is 46.3 Å². The number of methoxy groups -OCH3 is 5. The van der Waals surface area contributed by atoms with Crippen molar-refractivity contribution in [2.75, 3.05) is 66.8 Å². The average molecular weight is 1570 g/mol. The molecule has 0 aliphatic carbocycles. The molecule has 7 N–H and O–H groups in total. The van der Waals surface area contributed by atoms with E-state index in [4.69, 9.17) is 26.8 Å². The topological polar surface area (TPSA) is 417 Å². The molecule has 0 aromatic heterocycles. The van der Waals surface area contributed by atoms with Gasteiger partial charge < -0.3 is 50.5 Å². The van der Waals surface area contributed by atoms with E-state index in [1.165, 1.54) is 26.4 Å². The number of aliphatic hydroxyl groups is 3. The quantitative estimate of drug-likeness (QED) is 0.0108. The monoisotopic (exact) mass is 1570 g/mol. The lowest BCUT2D eigenvalue weighted by atomic mass is 9.96. The summed E-state index contributed by atoms with van der Waals surface area (Å²) in [4.78, 5) is 92.8. The maximum absolute atomic E-state index is 12.6. The van der Waals surface area contributed by atoms with Crippen LogP contribution in [-0.4, -0.2) is 120 Å². The van der Waals surface area contributed by atoms with Gasteiger partial charge in [-0.05, 0) is 78.6 Å². The number of nitrogens with zero attached hydrogens (tertiary/aromatic N) is 4. The van der Waals surface area contributed by atoms with Crippen LogP contribution in [0.3, 0.4) is 0 Å². The predicted octanol–water partition coefficient (Wildman–Crippen LogP) is 12.6. The van der Waals surface area contributed by atoms with Gasteiger partial charge in [0, 0.05) is 73.0 Å². The number of aliphatic hydroxyl groups excluding tert-OH is 3. The smallest absolute Gasteiger partial charge is 0.416 e. The molecule has 0 amide bonds. The standard InChI is InChI=1S/C12H10F3NO6.C10H8F3NO4.C9H8F3NO3.2C9H10F3NO.C7H3F4NO2.C5H8O4/c1-21-10(17)9(11(18)22-2)7-4-3-6(12(13,14)15)5-8(7)16(19)20;1-18-9(15)4-6-2-3-7(10(11,12)13)5-8(6)14(16)17;10-9(11,12)7-2-1-6(3-4-14)8(5-7)13(15)16;2*10-9(11,12)7-2-1-6(3-4-14)8(13)5-7;8-5-2-1-4(7(9,10)11)3-6(5)12(13)14;1-8-4(6)3-5(7)9-2/h3-5,9H,1-2H3;2-3,5H,4H2,1H3;1-2,5,14H,3-4H2;2*1-2,5,14H,3-4,13H2;1-3H;3H2,1-2H3. The second-order valence-electron chi connectivity index (χ2n) is 20.0. The van der Waals surface area contributed by atoms with Gasteiger partial charge in [0.15, 0.2) is 5.92 Å². The predicted molar refractivity (Wildman–Crippen MR) is 328 cm³/mol. The number of alkyl halides is 18. The maximum atomic E-state index is 12.6. The fraction of sp³-hybridized carbons (Fsp3) is 0.328. The first-order valence-corrected chi connectivity index (χ1v) is 28.3. The fourth-order valence-electron chi connectivity index (χ4n) is 7.57. The molecular weight excluding hydrogens is 1510 g/mol. The lowest BCUT2D eigenvalue weighted by Gasteiger charge is -2.14. The highest BCUT2D eigenvalue weighted by Crippen LogP contribution is 2.39. The summed E-state index contributed by atoms with van der Waals surface area (Å²) in [5.74, 6) is -7.44. The van der Waals surface area contributed by atoms with Crippen LogP contribution >= 0.6 is 0 Å². The molecule has 0 fully saturated rings. The number of halogens is 19. The van der Waals surface area contributed by atoms with Gasteiger partial charge in [-0.25, -0.2) is 0 Å². The van der Waals surface area contributed by atoms with E-state index in [0.29, 0.717) is 53.6 Å². The van der Waals surface area contributed by atoms with E-state index in [-0.39, 0.29) is 80.1 Å². The van der Waals surface area contributed by atoms with Crippen LogP contribution in [0.15, 0.2) is 109 Å². The minimum absolute atomic E-state index is 0.0472. The van der Waals surface area contributed by atoms with Crippen molar-refractivity contribution >= 4 is 64.0 Å². The minimum atomic E-state index is -4.81. The second-order valence-corrected chi connectivity index (χ2v) is 20.0. The van der Waals surface area contributed by atoms with Gasteiger partial charge in [0.2, 0.25) is 5.82 Å². The molecule has 590 valence electrons. The molecule has 46 heteroatoms. The summed E-state index contributed by atoms with van der Waals surface area (Å²) < 4.78 is 255. The number of nitrogens with two attached hydrogens (primary N) is 2. The zero-order valence-electron chi connectivity index (χ0n) is 54.9. The Morgan fingerprint density at radius 3 is 0.925 bits per heavy atom. The van der Waals surface area contributed by atoms with Crippen LogP contribution in [0.4, 0.5) is 118 Å². The Balaban J connectivity index is 0.00000124. The largest absolute Gasteiger partial charge is 0.469 e. The van der Waals surface area contributed by atoms with Gasteiger partial charge in [-0.3, -0.25) is 64.4 Å². The Morgan fingerprint density at radius 2 is 0.636 bits per heavy atom. The molecule has 0 saturated carbocycles. The van der Waals surface area contributed by atoms with Crippen LogP contribution in [0.2, 0.25) is 0 Å². The molecule has 0 saturated heterocycles. The number of hydrogen-bond donors (Lipinski definition) is 5. The fourth-order valence-corrected chi connectivity index (χ4v) is 7.57. The Bertz CT molecular complexity index is 3940. The molecule has 0 aliphatic rings. The van der Waals surface area contributed by atoms with Crippen LogP contribution in [0.1, 0.15) is 73.5 Å². The van der Waals surface area contributed by atoms with Gasteiger partial charge >= 0.3 is 72.6 Å². The lowest BCUT2D eigenvalue weighted by Crippen LogP contribution is -2.25. The Kier molecular flexibility index (Phi) is 37.8. The minimum Gasteiger partial charge on any atom is -0.469 e. The first-order chi connectivity index (χ1) is 49.2. The summed E-state index contributed by atoms with van der Waals surface area (Å²) in [6, 6.07) is 13.0.